The van der Waals surface area contributed by atoms with Crippen LogP contribution in [0.15, 0.2) is 52.4 Å². The first kappa shape index (κ1) is 22.8. The van der Waals surface area contributed by atoms with Crippen molar-refractivity contribution in [3.8, 4) is 5.75 Å². The highest BCUT2D eigenvalue weighted by atomic mass is 32.2. The molecule has 0 aliphatic heterocycles. The number of nitro benzene ring substituents is 1. The molecular formula is C22H25N3O5S. The lowest BCUT2D eigenvalue weighted by Gasteiger charge is -2.14. The van der Waals surface area contributed by atoms with E-state index in [2.05, 4.69) is 4.98 Å². The molecule has 0 radical (unpaired) electrons. The number of nitro groups is 1. The van der Waals surface area contributed by atoms with E-state index in [1.54, 1.807) is 22.8 Å². The average Bonchev–Trinajstić information content (AvgIpc) is 2.76. The molecule has 0 unspecified atom stereocenters. The second-order valence-corrected chi connectivity index (χ2v) is 8.13. The highest BCUT2D eigenvalue weighted by Crippen LogP contribution is 2.30. The van der Waals surface area contributed by atoms with Crippen molar-refractivity contribution in [2.45, 2.75) is 43.8 Å². The van der Waals surface area contributed by atoms with E-state index in [0.717, 1.165) is 0 Å². The Kier molecular flexibility index (Phi) is 7.64. The van der Waals surface area contributed by atoms with Crippen LogP contribution in [-0.4, -0.2) is 34.3 Å². The van der Waals surface area contributed by atoms with Crippen molar-refractivity contribution in [1.29, 1.82) is 0 Å². The summed E-state index contributed by atoms with van der Waals surface area (Å²) in [7, 11) is 1.52. The maximum absolute atomic E-state index is 13.1. The third kappa shape index (κ3) is 5.62. The van der Waals surface area contributed by atoms with Crippen molar-refractivity contribution in [2.75, 3.05) is 13.7 Å². The summed E-state index contributed by atoms with van der Waals surface area (Å²) in [5.74, 6) is 0.927. The van der Waals surface area contributed by atoms with Gasteiger partial charge in [-0.25, -0.2) is 4.98 Å². The number of ether oxygens (including phenoxy) is 2. The van der Waals surface area contributed by atoms with E-state index < -0.39 is 4.92 Å². The predicted molar refractivity (Wildman–Crippen MR) is 121 cm³/mol. The molecule has 0 saturated carbocycles. The van der Waals surface area contributed by atoms with Gasteiger partial charge in [-0.3, -0.25) is 19.5 Å². The van der Waals surface area contributed by atoms with E-state index >= 15 is 0 Å². The van der Waals surface area contributed by atoms with Gasteiger partial charge in [0.05, 0.1) is 29.0 Å². The third-order valence-electron chi connectivity index (χ3n) is 4.64. The Hall–Kier alpha value is -2.91. The van der Waals surface area contributed by atoms with Crippen LogP contribution >= 0.6 is 11.8 Å². The first-order valence-corrected chi connectivity index (χ1v) is 10.9. The minimum Gasteiger partial charge on any atom is -0.496 e. The second-order valence-electron chi connectivity index (χ2n) is 7.18. The molecular weight excluding hydrogens is 418 g/mol. The minimum absolute atomic E-state index is 0.00825. The van der Waals surface area contributed by atoms with E-state index in [4.69, 9.17) is 9.47 Å². The molecule has 0 amide bonds. The summed E-state index contributed by atoms with van der Waals surface area (Å²) in [6, 6.07) is 11.7. The van der Waals surface area contributed by atoms with Gasteiger partial charge in [-0.15, -0.1) is 0 Å². The number of nitrogens with zero attached hydrogens (tertiary/aromatic N) is 3. The van der Waals surface area contributed by atoms with Crippen molar-refractivity contribution in [1.82, 2.24) is 9.55 Å². The summed E-state index contributed by atoms with van der Waals surface area (Å²) in [5, 5.41) is 12.3. The largest absolute Gasteiger partial charge is 0.496 e. The molecule has 1 aromatic heterocycles. The van der Waals surface area contributed by atoms with Gasteiger partial charge in [0.15, 0.2) is 5.16 Å². The minimum atomic E-state index is -0.438. The zero-order valence-corrected chi connectivity index (χ0v) is 18.6. The fourth-order valence-electron chi connectivity index (χ4n) is 3.13. The molecule has 31 heavy (non-hydrogen) atoms. The van der Waals surface area contributed by atoms with Gasteiger partial charge in [-0.05, 0) is 38.5 Å². The lowest BCUT2D eigenvalue weighted by atomic mass is 10.2. The van der Waals surface area contributed by atoms with Crippen LogP contribution in [0.3, 0.4) is 0 Å². The SMILES string of the molecule is COc1ccc([N+](=O)[O-])cc1CSc1nc2ccccc2c(=O)n1CCCOC(C)C. The molecule has 0 aliphatic rings. The van der Waals surface area contributed by atoms with Gasteiger partial charge in [-0.1, -0.05) is 23.9 Å². The zero-order valence-electron chi connectivity index (χ0n) is 17.7. The van der Waals surface area contributed by atoms with E-state index in [-0.39, 0.29) is 17.4 Å². The Morgan fingerprint density at radius 2 is 2.00 bits per heavy atom. The number of benzene rings is 2. The topological polar surface area (TPSA) is 96.5 Å². The van der Waals surface area contributed by atoms with Crippen molar-refractivity contribution < 1.29 is 14.4 Å². The quantitative estimate of drug-likeness (QED) is 0.150. The van der Waals surface area contributed by atoms with Crippen LogP contribution < -0.4 is 10.3 Å². The van der Waals surface area contributed by atoms with Crippen LogP contribution in [0.5, 0.6) is 5.75 Å². The zero-order chi connectivity index (χ0) is 22.4. The fraction of sp³-hybridized carbons (Fsp3) is 0.364. The number of methoxy groups -OCH3 is 1. The summed E-state index contributed by atoms with van der Waals surface area (Å²) in [4.78, 5) is 28.5. The standard InChI is InChI=1S/C22H25N3O5S/c1-15(2)30-12-6-11-24-21(26)18-7-4-5-8-19(18)23-22(24)31-14-16-13-17(25(27)28)9-10-20(16)29-3/h4-5,7-10,13,15H,6,11-12,14H2,1-3H3. The van der Waals surface area contributed by atoms with Crippen LogP contribution in [0.2, 0.25) is 0 Å². The summed E-state index contributed by atoms with van der Waals surface area (Å²) >= 11 is 1.35. The molecule has 0 saturated heterocycles. The van der Waals surface area contributed by atoms with Gasteiger partial charge in [-0.2, -0.15) is 0 Å². The lowest BCUT2D eigenvalue weighted by Crippen LogP contribution is -2.24. The van der Waals surface area contributed by atoms with Crippen LogP contribution in [-0.2, 0) is 17.0 Å². The maximum Gasteiger partial charge on any atom is 0.270 e. The molecule has 9 heteroatoms. The van der Waals surface area contributed by atoms with Crippen LogP contribution in [0, 0.1) is 10.1 Å². The highest BCUT2D eigenvalue weighted by Gasteiger charge is 2.15. The molecule has 0 aliphatic carbocycles. The predicted octanol–water partition coefficient (Wildman–Crippen LogP) is 4.42. The Morgan fingerprint density at radius 1 is 1.23 bits per heavy atom. The summed E-state index contributed by atoms with van der Waals surface area (Å²) in [6.45, 7) is 4.95. The number of fused-ring (bicyclic) bond motifs is 1. The number of para-hydroxylation sites is 1. The molecule has 1 heterocycles. The van der Waals surface area contributed by atoms with Crippen molar-refractivity contribution >= 4 is 28.4 Å². The molecule has 0 atom stereocenters. The number of rotatable bonds is 10. The average molecular weight is 444 g/mol. The Labute approximate surface area is 184 Å². The van der Waals surface area contributed by atoms with Crippen LogP contribution in [0.1, 0.15) is 25.8 Å². The first-order chi connectivity index (χ1) is 14.9. The molecule has 0 fully saturated rings. The van der Waals surface area contributed by atoms with E-state index in [0.29, 0.717) is 52.7 Å². The second kappa shape index (κ2) is 10.4. The van der Waals surface area contributed by atoms with Crippen LogP contribution in [0.4, 0.5) is 5.69 Å². The van der Waals surface area contributed by atoms with Gasteiger partial charge in [0.2, 0.25) is 0 Å². The Bertz CT molecular complexity index is 1130. The molecule has 3 aromatic rings. The molecule has 3 rings (SSSR count). The first-order valence-electron chi connectivity index (χ1n) is 9.96. The van der Waals surface area contributed by atoms with Gasteiger partial charge in [0.25, 0.3) is 11.2 Å². The third-order valence-corrected chi connectivity index (χ3v) is 5.66. The molecule has 0 N–H and O–H groups in total. The van der Waals surface area contributed by atoms with E-state index in [1.165, 1.54) is 31.0 Å². The van der Waals surface area contributed by atoms with Gasteiger partial charge >= 0.3 is 0 Å². The number of hydrogen-bond acceptors (Lipinski definition) is 7. The monoisotopic (exact) mass is 443 g/mol. The molecule has 0 spiro atoms. The Morgan fingerprint density at radius 3 is 2.71 bits per heavy atom. The van der Waals surface area contributed by atoms with Gasteiger partial charge in [0, 0.05) is 36.6 Å². The molecule has 164 valence electrons. The summed E-state index contributed by atoms with van der Waals surface area (Å²) in [5.41, 5.74) is 1.17. The molecule has 8 nitrogen and oxygen atoms in total. The molecule has 2 aromatic carbocycles. The number of non-ortho nitro benzene ring substituents is 1. The van der Waals surface area contributed by atoms with Crippen molar-refractivity contribution in [3.63, 3.8) is 0 Å². The maximum atomic E-state index is 13.1. The number of aromatic nitrogens is 2. The summed E-state index contributed by atoms with van der Waals surface area (Å²) < 4.78 is 12.6. The van der Waals surface area contributed by atoms with Crippen molar-refractivity contribution in [2.24, 2.45) is 0 Å². The molecule has 0 bridgehead atoms. The van der Waals surface area contributed by atoms with E-state index in [9.17, 15) is 14.9 Å². The Balaban J connectivity index is 1.91. The lowest BCUT2D eigenvalue weighted by molar-refractivity contribution is -0.384. The van der Waals surface area contributed by atoms with Crippen LogP contribution in [0.25, 0.3) is 10.9 Å². The van der Waals surface area contributed by atoms with Crippen molar-refractivity contribution in [3.05, 3.63) is 68.5 Å². The number of thioether (sulfide) groups is 1. The highest BCUT2D eigenvalue weighted by molar-refractivity contribution is 7.98. The van der Waals surface area contributed by atoms with Gasteiger partial charge in [0.1, 0.15) is 5.75 Å². The normalized spacial score (nSPS) is 11.2. The fourth-order valence-corrected chi connectivity index (χ4v) is 4.13. The van der Waals surface area contributed by atoms with E-state index in [1.807, 2.05) is 26.0 Å². The van der Waals surface area contributed by atoms with Gasteiger partial charge < -0.3 is 9.47 Å². The summed E-state index contributed by atoms with van der Waals surface area (Å²) in [6.07, 6.45) is 0.799. The number of hydrogen-bond donors (Lipinski definition) is 0. The smallest absolute Gasteiger partial charge is 0.270 e.